The highest BCUT2D eigenvalue weighted by molar-refractivity contribution is 7.83. The number of benzene rings is 2. The highest BCUT2D eigenvalue weighted by atomic mass is 35.5. The summed E-state index contributed by atoms with van der Waals surface area (Å²) in [5.74, 6) is -0.00806. The van der Waals surface area contributed by atoms with Crippen LogP contribution in [0.5, 0.6) is 0 Å². The lowest BCUT2D eigenvalue weighted by atomic mass is 10.1. The van der Waals surface area contributed by atoms with Gasteiger partial charge in [0.25, 0.3) is 5.91 Å². The number of anilines is 1. The van der Waals surface area contributed by atoms with E-state index in [1.165, 1.54) is 0 Å². The molecule has 0 aromatic heterocycles. The molecule has 1 aliphatic heterocycles. The minimum atomic E-state index is -0.975. The van der Waals surface area contributed by atoms with E-state index in [0.29, 0.717) is 29.4 Å². The fraction of sp³-hybridized carbons (Fsp3) is 0.333. The lowest BCUT2D eigenvalue weighted by Gasteiger charge is -2.36. The quantitative estimate of drug-likeness (QED) is 0.758. The van der Waals surface area contributed by atoms with Gasteiger partial charge in [-0.05, 0) is 35.9 Å². The number of amides is 2. The topological polar surface area (TPSA) is 69.7 Å². The molecule has 0 spiro atoms. The summed E-state index contributed by atoms with van der Waals surface area (Å²) in [7, 11) is -0.975. The largest absolute Gasteiger partial charge is 0.368 e. The Bertz CT molecular complexity index is 914. The molecule has 0 radical (unpaired) electrons. The summed E-state index contributed by atoms with van der Waals surface area (Å²) < 4.78 is 11.4. The molecule has 1 N–H and O–H groups in total. The Balaban J connectivity index is 1.49. The summed E-state index contributed by atoms with van der Waals surface area (Å²) in [6.45, 7) is 2.59. The van der Waals surface area contributed by atoms with Crippen LogP contribution in [0.1, 0.15) is 15.9 Å². The van der Waals surface area contributed by atoms with Gasteiger partial charge in [0.05, 0.1) is 6.54 Å². The molecule has 0 saturated carbocycles. The van der Waals surface area contributed by atoms with Gasteiger partial charge in [0.15, 0.2) is 0 Å². The van der Waals surface area contributed by atoms with Crippen LogP contribution < -0.4 is 10.2 Å². The molecule has 3 rings (SSSR count). The summed E-state index contributed by atoms with van der Waals surface area (Å²) in [6.07, 6.45) is 1.62. The Kier molecular flexibility index (Phi) is 7.28. The van der Waals surface area contributed by atoms with Gasteiger partial charge in [0, 0.05) is 65.3 Å². The maximum atomic E-state index is 12.5. The summed E-state index contributed by atoms with van der Waals surface area (Å²) in [4.78, 5) is 28.8. The van der Waals surface area contributed by atoms with Gasteiger partial charge < -0.3 is 15.1 Å². The van der Waals surface area contributed by atoms with Crippen LogP contribution in [0.15, 0.2) is 48.5 Å². The highest BCUT2D eigenvalue weighted by Crippen LogP contribution is 2.20. The van der Waals surface area contributed by atoms with E-state index >= 15 is 0 Å². The summed E-state index contributed by atoms with van der Waals surface area (Å²) >= 11 is 6.05. The van der Waals surface area contributed by atoms with Crippen molar-refractivity contribution < 1.29 is 13.8 Å². The predicted octanol–water partition coefficient (Wildman–Crippen LogP) is 2.30. The van der Waals surface area contributed by atoms with Crippen molar-refractivity contribution in [3.63, 3.8) is 0 Å². The van der Waals surface area contributed by atoms with Crippen LogP contribution in [-0.2, 0) is 21.3 Å². The second-order valence-electron chi connectivity index (χ2n) is 6.95. The Hall–Kier alpha value is -2.38. The predicted molar refractivity (Wildman–Crippen MR) is 117 cm³/mol. The van der Waals surface area contributed by atoms with Crippen LogP contribution in [0.2, 0.25) is 5.02 Å². The van der Waals surface area contributed by atoms with E-state index in [9.17, 15) is 13.8 Å². The van der Waals surface area contributed by atoms with Crippen molar-refractivity contribution >= 4 is 39.9 Å². The second-order valence-corrected chi connectivity index (χ2v) is 8.82. The summed E-state index contributed by atoms with van der Waals surface area (Å²) in [6, 6.07) is 14.7. The SMILES string of the molecule is CS(=O)Cc1cccc(C(=O)NCC(=O)N2CCN(c3cccc(Cl)c3)CC2)c1. The van der Waals surface area contributed by atoms with E-state index in [4.69, 9.17) is 11.6 Å². The number of piperazine rings is 1. The van der Waals surface area contributed by atoms with E-state index < -0.39 is 10.8 Å². The normalized spacial score (nSPS) is 15.1. The van der Waals surface area contributed by atoms with E-state index in [0.717, 1.165) is 24.3 Å². The smallest absolute Gasteiger partial charge is 0.251 e. The number of halogens is 1. The van der Waals surface area contributed by atoms with Crippen molar-refractivity contribution in [3.05, 3.63) is 64.7 Å². The zero-order valence-corrected chi connectivity index (χ0v) is 17.8. The number of hydrogen-bond acceptors (Lipinski definition) is 4. The molecule has 8 heteroatoms. The van der Waals surface area contributed by atoms with Gasteiger partial charge in [-0.25, -0.2) is 0 Å². The van der Waals surface area contributed by atoms with Crippen molar-refractivity contribution in [3.8, 4) is 0 Å². The minimum Gasteiger partial charge on any atom is -0.368 e. The third kappa shape index (κ3) is 6.05. The average molecular weight is 434 g/mol. The van der Waals surface area contributed by atoms with E-state index in [-0.39, 0.29) is 18.4 Å². The molecule has 2 aromatic rings. The molecule has 0 bridgehead atoms. The Morgan fingerprint density at radius 2 is 1.79 bits per heavy atom. The molecule has 2 aromatic carbocycles. The van der Waals surface area contributed by atoms with Crippen LogP contribution in [0.4, 0.5) is 5.69 Å². The standard InChI is InChI=1S/C21H24ClN3O3S/c1-29(28)15-16-4-2-5-17(12-16)21(27)23-14-20(26)25-10-8-24(9-11-25)19-7-3-6-18(22)13-19/h2-7,12-13H,8-11,14-15H2,1H3,(H,23,27). The monoisotopic (exact) mass is 433 g/mol. The maximum Gasteiger partial charge on any atom is 0.251 e. The van der Waals surface area contributed by atoms with E-state index in [1.807, 2.05) is 30.3 Å². The van der Waals surface area contributed by atoms with Crippen molar-refractivity contribution in [2.45, 2.75) is 5.75 Å². The van der Waals surface area contributed by atoms with Gasteiger partial charge in [-0.3, -0.25) is 13.8 Å². The number of rotatable bonds is 6. The first-order valence-corrected chi connectivity index (χ1v) is 11.5. The van der Waals surface area contributed by atoms with Gasteiger partial charge in [-0.1, -0.05) is 29.8 Å². The van der Waals surface area contributed by atoms with Gasteiger partial charge >= 0.3 is 0 Å². The highest BCUT2D eigenvalue weighted by Gasteiger charge is 2.22. The molecule has 1 heterocycles. The van der Waals surface area contributed by atoms with Crippen LogP contribution in [0, 0.1) is 0 Å². The molecule has 1 aliphatic rings. The van der Waals surface area contributed by atoms with Crippen molar-refractivity contribution in [2.24, 2.45) is 0 Å². The number of carbonyl (C=O) groups excluding carboxylic acids is 2. The Labute approximate surface area is 178 Å². The zero-order chi connectivity index (χ0) is 20.8. The molecule has 2 amide bonds. The fourth-order valence-corrected chi connectivity index (χ4v) is 4.13. The third-order valence-electron chi connectivity index (χ3n) is 4.76. The molecular weight excluding hydrogens is 410 g/mol. The first-order chi connectivity index (χ1) is 13.9. The fourth-order valence-electron chi connectivity index (χ4n) is 3.29. The lowest BCUT2D eigenvalue weighted by Crippen LogP contribution is -2.51. The Morgan fingerprint density at radius 1 is 1.07 bits per heavy atom. The molecule has 1 unspecified atom stereocenters. The van der Waals surface area contributed by atoms with Gasteiger partial charge in [-0.15, -0.1) is 0 Å². The maximum absolute atomic E-state index is 12.5. The van der Waals surface area contributed by atoms with Crippen LogP contribution in [0.3, 0.4) is 0 Å². The second kappa shape index (κ2) is 9.89. The molecule has 6 nitrogen and oxygen atoms in total. The molecule has 1 saturated heterocycles. The Morgan fingerprint density at radius 3 is 2.48 bits per heavy atom. The van der Waals surface area contributed by atoms with E-state index in [2.05, 4.69) is 10.2 Å². The van der Waals surface area contributed by atoms with Crippen molar-refractivity contribution in [2.75, 3.05) is 43.9 Å². The molecule has 1 atom stereocenters. The molecule has 29 heavy (non-hydrogen) atoms. The van der Waals surface area contributed by atoms with Crippen LogP contribution >= 0.6 is 11.6 Å². The molecule has 1 fully saturated rings. The number of nitrogens with zero attached hydrogens (tertiary/aromatic N) is 2. The number of carbonyl (C=O) groups is 2. The zero-order valence-electron chi connectivity index (χ0n) is 16.3. The minimum absolute atomic E-state index is 0.0417. The molecule has 154 valence electrons. The number of hydrogen-bond donors (Lipinski definition) is 1. The van der Waals surface area contributed by atoms with E-state index in [1.54, 1.807) is 29.4 Å². The summed E-state index contributed by atoms with van der Waals surface area (Å²) in [5.41, 5.74) is 2.35. The first-order valence-electron chi connectivity index (χ1n) is 9.38. The van der Waals surface area contributed by atoms with Gasteiger partial charge in [0.2, 0.25) is 5.91 Å². The first kappa shape index (κ1) is 21.3. The number of nitrogens with one attached hydrogen (secondary N) is 1. The van der Waals surface area contributed by atoms with Gasteiger partial charge in [0.1, 0.15) is 0 Å². The van der Waals surface area contributed by atoms with Crippen molar-refractivity contribution in [1.29, 1.82) is 0 Å². The van der Waals surface area contributed by atoms with Crippen molar-refractivity contribution in [1.82, 2.24) is 10.2 Å². The lowest BCUT2D eigenvalue weighted by molar-refractivity contribution is -0.130. The molecule has 0 aliphatic carbocycles. The van der Waals surface area contributed by atoms with Crippen LogP contribution in [0.25, 0.3) is 0 Å². The molecular formula is C21H24ClN3O3S. The van der Waals surface area contributed by atoms with Crippen LogP contribution in [-0.4, -0.2) is 59.9 Å². The average Bonchev–Trinajstić information content (AvgIpc) is 2.71. The third-order valence-corrected chi connectivity index (χ3v) is 5.74. The van der Waals surface area contributed by atoms with Gasteiger partial charge in [-0.2, -0.15) is 0 Å². The summed E-state index contributed by atoms with van der Waals surface area (Å²) in [5, 5.41) is 3.38.